The van der Waals surface area contributed by atoms with Crippen molar-refractivity contribution < 1.29 is 14.4 Å². The van der Waals surface area contributed by atoms with Crippen LogP contribution in [0.2, 0.25) is 0 Å². The van der Waals surface area contributed by atoms with E-state index in [1.54, 1.807) is 24.3 Å². The number of amides is 3. The van der Waals surface area contributed by atoms with E-state index in [1.165, 1.54) is 4.90 Å². The number of aryl methyl sites for hydroxylation is 1. The predicted octanol–water partition coefficient (Wildman–Crippen LogP) is 3.15. The van der Waals surface area contributed by atoms with Gasteiger partial charge >= 0.3 is 0 Å². The maximum absolute atomic E-state index is 12.3. The molecule has 3 amide bonds. The van der Waals surface area contributed by atoms with Crippen molar-refractivity contribution in [1.82, 2.24) is 4.90 Å². The molecular formula is C20H20N2O3. The number of nitrogens with one attached hydrogen (secondary N) is 1. The molecule has 3 rings (SSSR count). The summed E-state index contributed by atoms with van der Waals surface area (Å²) in [5.41, 5.74) is 3.28. The number of nitrogens with zero attached hydrogens (tertiary/aromatic N) is 1. The highest BCUT2D eigenvalue weighted by atomic mass is 16.2. The van der Waals surface area contributed by atoms with Gasteiger partial charge in [0.25, 0.3) is 5.91 Å². The lowest BCUT2D eigenvalue weighted by Crippen LogP contribution is -2.28. The van der Waals surface area contributed by atoms with Gasteiger partial charge in [-0.05, 0) is 41.8 Å². The minimum Gasteiger partial charge on any atom is -0.322 e. The zero-order chi connectivity index (χ0) is 17.8. The minimum absolute atomic E-state index is 0.136. The van der Waals surface area contributed by atoms with Gasteiger partial charge in [0, 0.05) is 24.1 Å². The Morgan fingerprint density at radius 1 is 1.00 bits per heavy atom. The van der Waals surface area contributed by atoms with Crippen LogP contribution in [-0.4, -0.2) is 22.6 Å². The molecule has 1 aliphatic heterocycles. The fourth-order valence-electron chi connectivity index (χ4n) is 2.82. The average molecular weight is 336 g/mol. The van der Waals surface area contributed by atoms with Crippen LogP contribution in [0.25, 0.3) is 0 Å². The summed E-state index contributed by atoms with van der Waals surface area (Å²) in [5.74, 6) is -0.460. The second kappa shape index (κ2) is 7.30. The third-order valence-corrected chi connectivity index (χ3v) is 4.30. The van der Waals surface area contributed by atoms with Gasteiger partial charge in [-0.1, -0.05) is 31.2 Å². The molecule has 0 unspecified atom stereocenters. The van der Waals surface area contributed by atoms with Gasteiger partial charge in [0.2, 0.25) is 11.8 Å². The van der Waals surface area contributed by atoms with Crippen LogP contribution in [-0.2, 0) is 22.6 Å². The molecular weight excluding hydrogens is 316 g/mol. The summed E-state index contributed by atoms with van der Waals surface area (Å²) in [7, 11) is 0. The van der Waals surface area contributed by atoms with Gasteiger partial charge in [0.15, 0.2) is 0 Å². The molecule has 0 aliphatic carbocycles. The van der Waals surface area contributed by atoms with Crippen molar-refractivity contribution in [2.24, 2.45) is 0 Å². The van der Waals surface area contributed by atoms with Gasteiger partial charge in [-0.3, -0.25) is 19.3 Å². The summed E-state index contributed by atoms with van der Waals surface area (Å²) in [5, 5.41) is 2.88. The van der Waals surface area contributed by atoms with Crippen LogP contribution in [0.15, 0.2) is 48.5 Å². The summed E-state index contributed by atoms with van der Waals surface area (Å²) >= 11 is 0. The molecule has 2 aromatic rings. The Hall–Kier alpha value is -2.95. The maximum atomic E-state index is 12.3. The molecule has 5 nitrogen and oxygen atoms in total. The molecule has 1 fully saturated rings. The first-order valence-corrected chi connectivity index (χ1v) is 8.39. The van der Waals surface area contributed by atoms with E-state index in [-0.39, 0.29) is 37.1 Å². The maximum Gasteiger partial charge on any atom is 0.255 e. The number of likely N-dealkylation sites (tertiary alicyclic amines) is 1. The van der Waals surface area contributed by atoms with Gasteiger partial charge in [0.05, 0.1) is 6.54 Å². The first kappa shape index (κ1) is 16.9. The van der Waals surface area contributed by atoms with E-state index < -0.39 is 0 Å². The minimum atomic E-state index is -0.187. The summed E-state index contributed by atoms with van der Waals surface area (Å²) in [6, 6.07) is 14.7. The Kier molecular flexibility index (Phi) is 4.93. The molecule has 2 aromatic carbocycles. The summed E-state index contributed by atoms with van der Waals surface area (Å²) in [4.78, 5) is 36.9. The highest BCUT2D eigenvalue weighted by Gasteiger charge is 2.28. The molecule has 25 heavy (non-hydrogen) atoms. The number of anilines is 1. The topological polar surface area (TPSA) is 66.5 Å². The monoisotopic (exact) mass is 336 g/mol. The van der Waals surface area contributed by atoms with Crippen LogP contribution in [0.4, 0.5) is 5.69 Å². The molecule has 0 spiro atoms. The fraction of sp³-hybridized carbons (Fsp3) is 0.250. The first-order chi connectivity index (χ1) is 12.1. The zero-order valence-corrected chi connectivity index (χ0v) is 14.1. The van der Waals surface area contributed by atoms with Crippen LogP contribution in [0, 0.1) is 0 Å². The van der Waals surface area contributed by atoms with Crippen molar-refractivity contribution in [2.45, 2.75) is 32.7 Å². The lowest BCUT2D eigenvalue weighted by molar-refractivity contribution is -0.139. The standard InChI is InChI=1S/C20H20N2O3/c1-2-14-4-3-5-17(12-14)21-20(25)16-8-6-15(7-9-16)13-22-18(23)10-11-19(22)24/h3-9,12H,2,10-11,13H2,1H3,(H,21,25). The van der Waals surface area contributed by atoms with Crippen molar-refractivity contribution in [1.29, 1.82) is 0 Å². The second-order valence-electron chi connectivity index (χ2n) is 6.08. The van der Waals surface area contributed by atoms with Crippen molar-refractivity contribution in [2.75, 3.05) is 5.32 Å². The molecule has 128 valence electrons. The number of rotatable bonds is 5. The largest absolute Gasteiger partial charge is 0.322 e. The van der Waals surface area contributed by atoms with Crippen LogP contribution < -0.4 is 5.32 Å². The highest BCUT2D eigenvalue weighted by Crippen LogP contribution is 2.17. The number of benzene rings is 2. The molecule has 0 bridgehead atoms. The first-order valence-electron chi connectivity index (χ1n) is 8.39. The van der Waals surface area contributed by atoms with Crippen LogP contribution in [0.5, 0.6) is 0 Å². The Morgan fingerprint density at radius 2 is 1.68 bits per heavy atom. The van der Waals surface area contributed by atoms with Gasteiger partial charge in [-0.15, -0.1) is 0 Å². The lowest BCUT2D eigenvalue weighted by atomic mass is 10.1. The highest BCUT2D eigenvalue weighted by molar-refractivity contribution is 6.04. The molecule has 1 N–H and O–H groups in total. The Labute approximate surface area is 146 Å². The van der Waals surface area contributed by atoms with Crippen LogP contribution >= 0.6 is 0 Å². The summed E-state index contributed by atoms with van der Waals surface area (Å²) in [6.45, 7) is 2.33. The Bertz CT molecular complexity index is 796. The molecule has 1 heterocycles. The van der Waals surface area contributed by atoms with Gasteiger partial charge in [0.1, 0.15) is 0 Å². The number of imide groups is 1. The molecule has 1 aliphatic rings. The number of carbonyl (C=O) groups is 3. The zero-order valence-electron chi connectivity index (χ0n) is 14.1. The van der Waals surface area contributed by atoms with Gasteiger partial charge in [-0.25, -0.2) is 0 Å². The molecule has 0 atom stereocenters. The van der Waals surface area contributed by atoms with E-state index >= 15 is 0 Å². The Morgan fingerprint density at radius 3 is 2.32 bits per heavy atom. The van der Waals surface area contributed by atoms with E-state index in [4.69, 9.17) is 0 Å². The molecule has 5 heteroatoms. The Balaban J connectivity index is 1.66. The number of hydrogen-bond acceptors (Lipinski definition) is 3. The number of hydrogen-bond donors (Lipinski definition) is 1. The summed E-state index contributed by atoms with van der Waals surface area (Å²) in [6.07, 6.45) is 1.48. The normalized spacial score (nSPS) is 14.0. The van der Waals surface area contributed by atoms with E-state index in [2.05, 4.69) is 12.2 Å². The molecule has 0 aromatic heterocycles. The van der Waals surface area contributed by atoms with Crippen LogP contribution in [0.1, 0.15) is 41.3 Å². The molecule has 1 saturated heterocycles. The van der Waals surface area contributed by atoms with Crippen molar-refractivity contribution in [3.8, 4) is 0 Å². The van der Waals surface area contributed by atoms with Gasteiger partial charge < -0.3 is 5.32 Å². The smallest absolute Gasteiger partial charge is 0.255 e. The SMILES string of the molecule is CCc1cccc(NC(=O)c2ccc(CN3C(=O)CCC3=O)cc2)c1. The quantitative estimate of drug-likeness (QED) is 0.853. The van der Waals surface area contributed by atoms with E-state index in [9.17, 15) is 14.4 Å². The van der Waals surface area contributed by atoms with Crippen molar-refractivity contribution in [3.63, 3.8) is 0 Å². The molecule has 0 saturated carbocycles. The van der Waals surface area contributed by atoms with Crippen molar-refractivity contribution in [3.05, 3.63) is 65.2 Å². The van der Waals surface area contributed by atoms with Gasteiger partial charge in [-0.2, -0.15) is 0 Å². The van der Waals surface area contributed by atoms with Crippen LogP contribution in [0.3, 0.4) is 0 Å². The lowest BCUT2D eigenvalue weighted by Gasteiger charge is -2.14. The fourth-order valence-corrected chi connectivity index (χ4v) is 2.82. The van der Waals surface area contributed by atoms with Crippen molar-refractivity contribution >= 4 is 23.4 Å². The second-order valence-corrected chi connectivity index (χ2v) is 6.08. The third-order valence-electron chi connectivity index (χ3n) is 4.30. The van der Waals surface area contributed by atoms with E-state index in [0.29, 0.717) is 5.56 Å². The third kappa shape index (κ3) is 3.94. The summed E-state index contributed by atoms with van der Waals surface area (Å²) < 4.78 is 0. The molecule has 0 radical (unpaired) electrons. The predicted molar refractivity (Wildman–Crippen MR) is 95.0 cm³/mol. The van der Waals surface area contributed by atoms with E-state index in [0.717, 1.165) is 23.2 Å². The number of carbonyl (C=O) groups excluding carboxylic acids is 3. The van der Waals surface area contributed by atoms with E-state index in [1.807, 2.05) is 24.3 Å². The average Bonchev–Trinajstić information content (AvgIpc) is 2.94.